The summed E-state index contributed by atoms with van der Waals surface area (Å²) in [6, 6.07) is 3.47. The Morgan fingerprint density at radius 2 is 1.63 bits per heavy atom. The molecule has 4 rings (SSSR count). The first kappa shape index (κ1) is 27.8. The van der Waals surface area contributed by atoms with Crippen molar-refractivity contribution < 1.29 is 29.0 Å². The third-order valence-electron chi connectivity index (χ3n) is 7.46. The maximum absolute atomic E-state index is 13.8. The summed E-state index contributed by atoms with van der Waals surface area (Å²) in [5.41, 5.74) is 2.70. The van der Waals surface area contributed by atoms with Gasteiger partial charge in [0.05, 0.1) is 18.6 Å². The van der Waals surface area contributed by atoms with E-state index in [9.17, 15) is 19.5 Å². The van der Waals surface area contributed by atoms with Gasteiger partial charge in [0.1, 0.15) is 6.61 Å². The van der Waals surface area contributed by atoms with Gasteiger partial charge in [-0.2, -0.15) is 0 Å². The largest absolute Gasteiger partial charge is 0.493 e. The van der Waals surface area contributed by atoms with Crippen LogP contribution in [-0.2, 0) is 14.4 Å². The molecule has 0 spiro atoms. The van der Waals surface area contributed by atoms with Crippen LogP contribution in [0.15, 0.2) is 34.7 Å². The Labute approximate surface area is 228 Å². The highest BCUT2D eigenvalue weighted by Crippen LogP contribution is 2.55. The molecule has 8 heteroatoms. The van der Waals surface area contributed by atoms with Gasteiger partial charge in [0, 0.05) is 47.8 Å². The summed E-state index contributed by atoms with van der Waals surface area (Å²) in [7, 11) is 1.49. The third-order valence-corrected chi connectivity index (χ3v) is 7.74. The van der Waals surface area contributed by atoms with Gasteiger partial charge in [-0.25, -0.2) is 0 Å². The first-order valence-electron chi connectivity index (χ1n) is 12.7. The highest BCUT2D eigenvalue weighted by atomic mass is 35.5. The maximum atomic E-state index is 13.8. The fourth-order valence-electron chi connectivity index (χ4n) is 6.02. The van der Waals surface area contributed by atoms with Gasteiger partial charge in [-0.3, -0.25) is 14.4 Å². The summed E-state index contributed by atoms with van der Waals surface area (Å²) >= 11 is 6.64. The number of Topliss-reactive ketones (excluding diaryl/α,β-unsaturated/α-hetero) is 2. The molecule has 0 saturated carbocycles. The number of benzene rings is 1. The van der Waals surface area contributed by atoms with E-state index in [4.69, 9.17) is 27.5 Å². The number of rotatable bonds is 7. The molecular formula is C30H34ClNO6. The molecule has 1 aliphatic heterocycles. The predicted molar refractivity (Wildman–Crippen MR) is 144 cm³/mol. The van der Waals surface area contributed by atoms with Gasteiger partial charge in [0.2, 0.25) is 0 Å². The number of methoxy groups -OCH3 is 1. The average molecular weight is 540 g/mol. The molecule has 0 aromatic heterocycles. The first-order chi connectivity index (χ1) is 17.8. The number of terminal acetylenes is 1. The van der Waals surface area contributed by atoms with Crippen molar-refractivity contribution in [3.8, 4) is 23.8 Å². The summed E-state index contributed by atoms with van der Waals surface area (Å²) in [5.74, 6) is 1.40. The lowest BCUT2D eigenvalue weighted by molar-refractivity contribution is -0.137. The molecule has 1 aromatic rings. The van der Waals surface area contributed by atoms with Gasteiger partial charge in [-0.05, 0) is 41.4 Å². The van der Waals surface area contributed by atoms with Crippen LogP contribution in [0.3, 0.4) is 0 Å². The van der Waals surface area contributed by atoms with E-state index >= 15 is 0 Å². The van der Waals surface area contributed by atoms with Crippen LogP contribution in [-0.4, -0.2) is 47.8 Å². The lowest BCUT2D eigenvalue weighted by Gasteiger charge is -2.49. The quantitative estimate of drug-likeness (QED) is 0.456. The number of carboxylic acid groups (broad SMARTS) is 1. The minimum absolute atomic E-state index is 0.00311. The van der Waals surface area contributed by atoms with Crippen molar-refractivity contribution in [1.29, 1.82) is 0 Å². The Hall–Kier alpha value is -3.24. The molecule has 2 aliphatic carbocycles. The molecule has 0 unspecified atom stereocenters. The van der Waals surface area contributed by atoms with Gasteiger partial charge in [-0.15, -0.1) is 6.42 Å². The molecule has 202 valence electrons. The molecule has 0 saturated heterocycles. The van der Waals surface area contributed by atoms with E-state index in [-0.39, 0.29) is 47.0 Å². The van der Waals surface area contributed by atoms with E-state index < -0.39 is 11.9 Å². The van der Waals surface area contributed by atoms with Crippen LogP contribution in [0.4, 0.5) is 0 Å². The number of ketones is 2. The van der Waals surface area contributed by atoms with Gasteiger partial charge < -0.3 is 19.5 Å². The normalized spacial score (nSPS) is 20.6. The van der Waals surface area contributed by atoms with Crippen LogP contribution in [0.25, 0.3) is 0 Å². The van der Waals surface area contributed by atoms with Crippen LogP contribution in [0.2, 0.25) is 5.02 Å². The molecule has 0 bridgehead atoms. The Balaban J connectivity index is 1.99. The SMILES string of the molecule is C#CCOc1c(Cl)cc(C2C3=C(CC(C)(C)CC3=O)N(CCC(=O)O)C3=C2C(=O)CC(C)(C)C3)cc1OC. The molecule has 0 radical (unpaired) electrons. The summed E-state index contributed by atoms with van der Waals surface area (Å²) in [5, 5.41) is 9.77. The van der Waals surface area contributed by atoms with Crippen LogP contribution < -0.4 is 9.47 Å². The topological polar surface area (TPSA) is 93.1 Å². The van der Waals surface area contributed by atoms with Crippen LogP contribution in [0, 0.1) is 23.2 Å². The number of carbonyl (C=O) groups is 3. The Bertz CT molecular complexity index is 1260. The number of nitrogens with zero attached hydrogens (tertiary/aromatic N) is 1. The zero-order valence-corrected chi connectivity index (χ0v) is 23.3. The average Bonchev–Trinajstić information content (AvgIpc) is 2.79. The van der Waals surface area contributed by atoms with Gasteiger partial charge in [0.15, 0.2) is 23.1 Å². The lowest BCUT2D eigenvalue weighted by atomic mass is 9.63. The Morgan fingerprint density at radius 1 is 1.08 bits per heavy atom. The fourth-order valence-corrected chi connectivity index (χ4v) is 6.29. The predicted octanol–water partition coefficient (Wildman–Crippen LogP) is 5.52. The summed E-state index contributed by atoms with van der Waals surface area (Å²) in [4.78, 5) is 41.2. The van der Waals surface area contributed by atoms with Crippen molar-refractivity contribution in [1.82, 2.24) is 4.90 Å². The zero-order chi connectivity index (χ0) is 28.0. The van der Waals surface area contributed by atoms with Crippen LogP contribution in [0.5, 0.6) is 11.5 Å². The van der Waals surface area contributed by atoms with Crippen LogP contribution in [0.1, 0.15) is 71.3 Å². The van der Waals surface area contributed by atoms with E-state index in [1.54, 1.807) is 12.1 Å². The molecule has 3 aliphatic rings. The summed E-state index contributed by atoms with van der Waals surface area (Å²) in [6.45, 7) is 8.35. The summed E-state index contributed by atoms with van der Waals surface area (Å²) < 4.78 is 11.2. The number of allylic oxidation sites excluding steroid dienone is 4. The number of carboxylic acids is 1. The monoisotopic (exact) mass is 539 g/mol. The molecule has 0 atom stereocenters. The second kappa shape index (κ2) is 10.1. The Kier molecular flexibility index (Phi) is 7.42. The van der Waals surface area contributed by atoms with Crippen LogP contribution >= 0.6 is 11.6 Å². The standard InChI is InChI=1S/C30H34ClNO6/c1-7-10-38-28-18(31)11-17(12-23(28)37-6)25-26-19(13-29(2,3)15-21(26)33)32(9-8-24(35)36)20-14-30(4,5)16-22(34)27(20)25/h1,11-12,25H,8-10,13-16H2,2-6H3,(H,35,36). The Morgan fingerprint density at radius 3 is 2.11 bits per heavy atom. The van der Waals surface area contributed by atoms with E-state index in [0.717, 1.165) is 11.4 Å². The minimum Gasteiger partial charge on any atom is -0.493 e. The number of carbonyl (C=O) groups excluding carboxylic acids is 2. The van der Waals surface area contributed by atoms with Crippen molar-refractivity contribution in [2.24, 2.45) is 10.8 Å². The number of aliphatic carboxylic acids is 1. The van der Waals surface area contributed by atoms with E-state index in [2.05, 4.69) is 5.92 Å². The molecule has 1 N–H and O–H groups in total. The smallest absolute Gasteiger partial charge is 0.305 e. The van der Waals surface area contributed by atoms with Gasteiger partial charge in [0.25, 0.3) is 0 Å². The molecule has 0 fully saturated rings. The molecule has 0 amide bonds. The van der Waals surface area contributed by atoms with Crippen molar-refractivity contribution >= 4 is 29.1 Å². The molecular weight excluding hydrogens is 506 g/mol. The van der Waals surface area contributed by atoms with E-state index in [1.165, 1.54) is 7.11 Å². The fraction of sp³-hybridized carbons (Fsp3) is 0.500. The highest BCUT2D eigenvalue weighted by Gasteiger charge is 2.49. The molecule has 1 heterocycles. The second-order valence-corrected chi connectivity index (χ2v) is 12.3. The van der Waals surface area contributed by atoms with E-state index in [0.29, 0.717) is 53.9 Å². The van der Waals surface area contributed by atoms with E-state index in [1.807, 2.05) is 32.6 Å². The van der Waals surface area contributed by atoms with Crippen molar-refractivity contribution in [2.75, 3.05) is 20.3 Å². The van der Waals surface area contributed by atoms with Gasteiger partial charge in [-0.1, -0.05) is 45.2 Å². The lowest BCUT2D eigenvalue weighted by Crippen LogP contribution is -2.45. The third kappa shape index (κ3) is 5.19. The van der Waals surface area contributed by atoms with Crippen molar-refractivity contribution in [3.05, 3.63) is 45.3 Å². The number of ether oxygens (including phenoxy) is 2. The summed E-state index contributed by atoms with van der Waals surface area (Å²) in [6.07, 6.45) is 7.07. The number of halogens is 1. The minimum atomic E-state index is -0.932. The molecule has 7 nitrogen and oxygen atoms in total. The highest BCUT2D eigenvalue weighted by molar-refractivity contribution is 6.32. The van der Waals surface area contributed by atoms with Crippen molar-refractivity contribution in [2.45, 2.75) is 65.7 Å². The molecule has 38 heavy (non-hydrogen) atoms. The maximum Gasteiger partial charge on any atom is 0.305 e. The number of hydrogen-bond acceptors (Lipinski definition) is 6. The number of hydrogen-bond donors (Lipinski definition) is 1. The zero-order valence-electron chi connectivity index (χ0n) is 22.6. The van der Waals surface area contributed by atoms with Gasteiger partial charge >= 0.3 is 5.97 Å². The molecule has 1 aromatic carbocycles. The van der Waals surface area contributed by atoms with Crippen molar-refractivity contribution in [3.63, 3.8) is 0 Å². The first-order valence-corrected chi connectivity index (χ1v) is 13.1. The second-order valence-electron chi connectivity index (χ2n) is 11.9.